The van der Waals surface area contributed by atoms with Gasteiger partial charge in [0.1, 0.15) is 5.75 Å². The lowest BCUT2D eigenvalue weighted by molar-refractivity contribution is -0.275. The molecule has 0 aliphatic carbocycles. The van der Waals surface area contributed by atoms with Crippen LogP contribution in [0.3, 0.4) is 0 Å². The molecule has 0 spiro atoms. The summed E-state index contributed by atoms with van der Waals surface area (Å²) >= 11 is 1.09. The molecule has 8 nitrogen and oxygen atoms in total. The van der Waals surface area contributed by atoms with Crippen LogP contribution in [0.25, 0.3) is 11.1 Å². The van der Waals surface area contributed by atoms with Crippen LogP contribution in [0.15, 0.2) is 71.9 Å². The molecule has 1 heterocycles. The lowest BCUT2D eigenvalue weighted by Gasteiger charge is -2.38. The van der Waals surface area contributed by atoms with Crippen LogP contribution in [0, 0.1) is 6.92 Å². The van der Waals surface area contributed by atoms with Crippen molar-refractivity contribution in [3.63, 3.8) is 0 Å². The lowest BCUT2D eigenvalue weighted by Crippen LogP contribution is -2.38. The Kier molecular flexibility index (Phi) is 10.8. The summed E-state index contributed by atoms with van der Waals surface area (Å²) in [6.45, 7) is 5.91. The molecular weight excluding hydrogens is 579 g/mol. The third kappa shape index (κ3) is 10.0. The van der Waals surface area contributed by atoms with Crippen LogP contribution in [0.1, 0.15) is 37.8 Å². The first-order valence-electron chi connectivity index (χ1n) is 12.7. The molecule has 1 amide bonds. The van der Waals surface area contributed by atoms with Crippen LogP contribution >= 0.6 is 11.9 Å². The van der Waals surface area contributed by atoms with Gasteiger partial charge >= 0.3 is 6.36 Å². The minimum atomic E-state index is -4.87. The fourth-order valence-corrected chi connectivity index (χ4v) is 5.58. The summed E-state index contributed by atoms with van der Waals surface area (Å²) in [4.78, 5) is 16.7. The van der Waals surface area contributed by atoms with Crippen LogP contribution in [-0.4, -0.2) is 53.4 Å². The maximum absolute atomic E-state index is 13.1. The molecule has 41 heavy (non-hydrogen) atoms. The summed E-state index contributed by atoms with van der Waals surface area (Å²) in [7, 11) is -4.20. The first-order chi connectivity index (χ1) is 19.2. The number of aryl methyl sites for hydroxylation is 1. The van der Waals surface area contributed by atoms with Crippen LogP contribution in [0.4, 0.5) is 13.2 Å². The highest BCUT2D eigenvalue weighted by Crippen LogP contribution is 2.42. The van der Waals surface area contributed by atoms with Crippen LogP contribution in [-0.2, 0) is 20.5 Å². The predicted octanol–water partition coefficient (Wildman–Crippen LogP) is 5.98. The quantitative estimate of drug-likeness (QED) is 0.179. The highest BCUT2D eigenvalue weighted by atomic mass is 32.2. The second kappa shape index (κ2) is 13.7. The van der Waals surface area contributed by atoms with Crippen LogP contribution < -0.4 is 10.1 Å². The number of halogens is 3. The first kappa shape index (κ1) is 32.4. The Morgan fingerprint density at radius 2 is 1.85 bits per heavy atom. The van der Waals surface area contributed by atoms with E-state index in [4.69, 9.17) is 4.55 Å². The Bertz CT molecular complexity index is 1450. The molecule has 222 valence electrons. The minimum Gasteiger partial charge on any atom is -0.405 e. The largest absolute Gasteiger partial charge is 0.573 e. The number of aromatic nitrogens is 1. The molecule has 0 bridgehead atoms. The second-order valence-electron chi connectivity index (χ2n) is 9.76. The van der Waals surface area contributed by atoms with Gasteiger partial charge in [0.15, 0.2) is 0 Å². The van der Waals surface area contributed by atoms with Crippen molar-refractivity contribution >= 4 is 28.0 Å². The molecule has 0 unspecified atom stereocenters. The van der Waals surface area contributed by atoms with Gasteiger partial charge in [-0.05, 0) is 85.7 Å². The maximum atomic E-state index is 13.1. The molecule has 1 aromatic heterocycles. The summed E-state index contributed by atoms with van der Waals surface area (Å²) in [6, 6.07) is 15.6. The zero-order valence-corrected chi connectivity index (χ0v) is 24.4. The molecule has 0 atom stereocenters. The number of hydrogen-bond donors (Lipinski definition) is 2. The van der Waals surface area contributed by atoms with Gasteiger partial charge in [0.05, 0.1) is 16.2 Å². The number of carbonyl (C=O) groups excluding carboxylic acids is 1. The van der Waals surface area contributed by atoms with Gasteiger partial charge < -0.3 is 10.1 Å². The Balaban J connectivity index is 1.88. The van der Waals surface area contributed by atoms with E-state index >= 15 is 0 Å². The zero-order chi connectivity index (χ0) is 30.3. The first-order valence-corrected chi connectivity index (χ1v) is 15.1. The van der Waals surface area contributed by atoms with E-state index in [0.29, 0.717) is 13.0 Å². The SMILES string of the molecule is Cc1cnccc1-c1cccc(C(C)(C)N(CCCC(=O)NCCS(=O)(=O)O)Sc2ccccc2OC(F)(F)F)c1. The van der Waals surface area contributed by atoms with E-state index in [-0.39, 0.29) is 23.6 Å². The number of nitrogens with zero attached hydrogens (tertiary/aromatic N) is 2. The number of pyridine rings is 1. The minimum absolute atomic E-state index is 0.0373. The van der Waals surface area contributed by atoms with Crippen molar-refractivity contribution in [1.82, 2.24) is 14.6 Å². The molecular formula is C28H32F3N3O5S2. The predicted molar refractivity (Wildman–Crippen MR) is 152 cm³/mol. The van der Waals surface area contributed by atoms with Gasteiger partial charge in [-0.3, -0.25) is 14.3 Å². The van der Waals surface area contributed by atoms with E-state index in [2.05, 4.69) is 15.0 Å². The monoisotopic (exact) mass is 611 g/mol. The average molecular weight is 612 g/mol. The summed E-state index contributed by atoms with van der Waals surface area (Å²) < 4.78 is 76.1. The Hall–Kier alpha value is -3.13. The highest BCUT2D eigenvalue weighted by Gasteiger charge is 2.34. The van der Waals surface area contributed by atoms with E-state index in [1.54, 1.807) is 18.5 Å². The van der Waals surface area contributed by atoms with E-state index < -0.39 is 33.7 Å². The lowest BCUT2D eigenvalue weighted by atomic mass is 9.90. The van der Waals surface area contributed by atoms with Crippen molar-refractivity contribution in [1.29, 1.82) is 0 Å². The Labute approximate surface area is 242 Å². The number of para-hydroxylation sites is 1. The third-order valence-electron chi connectivity index (χ3n) is 6.25. The molecule has 0 aliphatic heterocycles. The van der Waals surface area contributed by atoms with Crippen LogP contribution in [0.2, 0.25) is 0 Å². The number of ether oxygens (including phenoxy) is 1. The molecule has 0 saturated carbocycles. The molecule has 2 aromatic carbocycles. The summed E-state index contributed by atoms with van der Waals surface area (Å²) in [5, 5.41) is 2.45. The number of rotatable bonds is 13. The summed E-state index contributed by atoms with van der Waals surface area (Å²) in [6.07, 6.45) is -1.03. The van der Waals surface area contributed by atoms with E-state index in [1.165, 1.54) is 18.2 Å². The van der Waals surface area contributed by atoms with Gasteiger partial charge in [-0.2, -0.15) is 8.42 Å². The van der Waals surface area contributed by atoms with Gasteiger partial charge in [-0.1, -0.05) is 30.3 Å². The van der Waals surface area contributed by atoms with Crippen molar-refractivity contribution in [3.05, 3.63) is 78.1 Å². The van der Waals surface area contributed by atoms with Crippen molar-refractivity contribution in [3.8, 4) is 16.9 Å². The Morgan fingerprint density at radius 1 is 1.12 bits per heavy atom. The van der Waals surface area contributed by atoms with E-state index in [1.807, 2.05) is 55.4 Å². The average Bonchev–Trinajstić information content (AvgIpc) is 2.88. The number of benzene rings is 2. The van der Waals surface area contributed by atoms with E-state index in [0.717, 1.165) is 34.2 Å². The van der Waals surface area contributed by atoms with Gasteiger partial charge in [-0.15, -0.1) is 13.2 Å². The number of alkyl halides is 3. The molecule has 0 saturated heterocycles. The zero-order valence-electron chi connectivity index (χ0n) is 22.8. The molecule has 0 fully saturated rings. The van der Waals surface area contributed by atoms with Crippen molar-refractivity contribution < 1.29 is 35.7 Å². The smallest absolute Gasteiger partial charge is 0.405 e. The van der Waals surface area contributed by atoms with Gasteiger partial charge in [0.25, 0.3) is 10.1 Å². The van der Waals surface area contributed by atoms with Crippen molar-refractivity contribution in [2.75, 3.05) is 18.8 Å². The van der Waals surface area contributed by atoms with Gasteiger partial charge in [-0.25, -0.2) is 4.31 Å². The fraction of sp³-hybridized carbons (Fsp3) is 0.357. The standard InChI is InChI=1S/C28H32F3N3O5S2/c1-20-19-32-14-13-23(20)21-8-6-9-22(18-21)27(2,3)34(16-7-12-26(35)33-15-17-41(36,37)38)40-25-11-5-4-10-24(25)39-28(29,30)31/h4-6,8-11,13-14,18-19H,7,12,15-17H2,1-3H3,(H,33,35)(H,36,37,38). The summed E-state index contributed by atoms with van der Waals surface area (Å²) in [5.41, 5.74) is 3.12. The molecule has 3 aromatic rings. The van der Waals surface area contributed by atoms with Crippen LogP contribution in [0.5, 0.6) is 5.75 Å². The van der Waals surface area contributed by atoms with E-state index in [9.17, 15) is 26.4 Å². The highest BCUT2D eigenvalue weighted by molar-refractivity contribution is 7.97. The number of hydrogen-bond acceptors (Lipinski definition) is 7. The molecule has 3 rings (SSSR count). The number of nitrogens with one attached hydrogen (secondary N) is 1. The normalized spacial score (nSPS) is 12.4. The second-order valence-corrected chi connectivity index (χ2v) is 12.4. The van der Waals surface area contributed by atoms with Gasteiger partial charge in [0.2, 0.25) is 5.91 Å². The van der Waals surface area contributed by atoms with Crippen molar-refractivity contribution in [2.24, 2.45) is 0 Å². The fourth-order valence-electron chi connectivity index (χ4n) is 4.09. The topological polar surface area (TPSA) is 109 Å². The summed E-state index contributed by atoms with van der Waals surface area (Å²) in [5.74, 6) is -1.35. The molecule has 0 radical (unpaired) electrons. The number of amides is 1. The molecule has 13 heteroatoms. The number of carbonyl (C=O) groups is 1. The Morgan fingerprint density at radius 3 is 2.54 bits per heavy atom. The molecule has 2 N–H and O–H groups in total. The maximum Gasteiger partial charge on any atom is 0.573 e. The van der Waals surface area contributed by atoms with Gasteiger partial charge in [0, 0.05) is 31.9 Å². The van der Waals surface area contributed by atoms with Crippen molar-refractivity contribution in [2.45, 2.75) is 50.4 Å². The third-order valence-corrected chi connectivity index (χ3v) is 8.37. The molecule has 0 aliphatic rings.